The molecule has 0 aliphatic rings. The zero-order chi connectivity index (χ0) is 21.5. The fourth-order valence-electron chi connectivity index (χ4n) is 3.17. The molecule has 0 atom stereocenters. The molecule has 30 heavy (non-hydrogen) atoms. The van der Waals surface area contributed by atoms with Gasteiger partial charge in [-0.3, -0.25) is 9.59 Å². The Balaban J connectivity index is 1.89. The number of likely N-dealkylation sites (N-methyl/N-ethyl adjacent to an activating group) is 1. The van der Waals surface area contributed by atoms with E-state index in [1.807, 2.05) is 62.4 Å². The number of hydrogen-bond acceptors (Lipinski definition) is 2. The number of hydrogen-bond donors (Lipinski definition) is 1. The summed E-state index contributed by atoms with van der Waals surface area (Å²) in [5.74, 6) is -0.780. The van der Waals surface area contributed by atoms with E-state index in [4.69, 9.17) is 0 Å². The first-order valence-electron chi connectivity index (χ1n) is 9.95. The molecule has 0 saturated heterocycles. The van der Waals surface area contributed by atoms with Crippen molar-refractivity contribution < 1.29 is 14.0 Å². The largest absolute Gasteiger partial charge is 0.356 e. The van der Waals surface area contributed by atoms with Crippen molar-refractivity contribution in [2.24, 2.45) is 0 Å². The number of aryl methyl sites for hydroxylation is 1. The zero-order valence-corrected chi connectivity index (χ0v) is 17.2. The molecule has 0 bridgehead atoms. The topological polar surface area (TPSA) is 49.4 Å². The van der Waals surface area contributed by atoms with Crippen LogP contribution in [-0.4, -0.2) is 18.4 Å². The maximum atomic E-state index is 13.7. The van der Waals surface area contributed by atoms with E-state index in [1.165, 1.54) is 18.2 Å². The monoisotopic (exact) mass is 404 g/mol. The molecule has 3 aromatic rings. The molecule has 2 amide bonds. The molecule has 0 saturated carbocycles. The first-order valence-corrected chi connectivity index (χ1v) is 9.95. The number of anilines is 1. The van der Waals surface area contributed by atoms with E-state index < -0.39 is 5.82 Å². The van der Waals surface area contributed by atoms with Crippen molar-refractivity contribution in [3.05, 3.63) is 101 Å². The van der Waals surface area contributed by atoms with Gasteiger partial charge in [-0.2, -0.15) is 0 Å². The molecule has 0 spiro atoms. The van der Waals surface area contributed by atoms with Crippen LogP contribution in [0.15, 0.2) is 72.8 Å². The van der Waals surface area contributed by atoms with Crippen LogP contribution >= 0.6 is 0 Å². The van der Waals surface area contributed by atoms with E-state index in [-0.39, 0.29) is 23.8 Å². The van der Waals surface area contributed by atoms with Crippen LogP contribution in [-0.2, 0) is 17.8 Å². The van der Waals surface area contributed by atoms with E-state index in [2.05, 4.69) is 5.32 Å². The van der Waals surface area contributed by atoms with Gasteiger partial charge in [-0.1, -0.05) is 48.0 Å². The molecule has 0 aromatic heterocycles. The third-order valence-electron chi connectivity index (χ3n) is 4.76. The molecule has 0 radical (unpaired) electrons. The van der Waals surface area contributed by atoms with Crippen molar-refractivity contribution in [1.82, 2.24) is 5.32 Å². The average molecular weight is 404 g/mol. The summed E-state index contributed by atoms with van der Waals surface area (Å²) in [5.41, 5.74) is 3.93. The molecule has 4 nitrogen and oxygen atoms in total. The lowest BCUT2D eigenvalue weighted by Crippen LogP contribution is -2.30. The normalized spacial score (nSPS) is 10.5. The van der Waals surface area contributed by atoms with Crippen molar-refractivity contribution in [2.45, 2.75) is 26.8 Å². The molecule has 1 N–H and O–H groups in total. The standard InChI is InChI=1S/C25H25FN2O2/c1-3-27-24(29)15-19-11-13-23(14-12-19)28(17-20-9-7-18(2)8-10-20)25(30)21-5-4-6-22(26)16-21/h4-14,16H,3,15,17H2,1-2H3,(H,27,29). The van der Waals surface area contributed by atoms with Crippen molar-refractivity contribution in [3.8, 4) is 0 Å². The number of rotatable bonds is 7. The van der Waals surface area contributed by atoms with Gasteiger partial charge < -0.3 is 10.2 Å². The molecule has 0 heterocycles. The Morgan fingerprint density at radius 3 is 2.23 bits per heavy atom. The van der Waals surface area contributed by atoms with Crippen molar-refractivity contribution >= 4 is 17.5 Å². The number of carbonyl (C=O) groups excluding carboxylic acids is 2. The van der Waals surface area contributed by atoms with Crippen LogP contribution in [0.25, 0.3) is 0 Å². The first-order chi connectivity index (χ1) is 14.5. The zero-order valence-electron chi connectivity index (χ0n) is 17.2. The summed E-state index contributed by atoms with van der Waals surface area (Å²) in [7, 11) is 0. The predicted octanol–water partition coefficient (Wildman–Crippen LogP) is 4.66. The number of amides is 2. The van der Waals surface area contributed by atoms with Crippen LogP contribution < -0.4 is 10.2 Å². The van der Waals surface area contributed by atoms with Gasteiger partial charge in [0.25, 0.3) is 5.91 Å². The number of carbonyl (C=O) groups is 2. The van der Waals surface area contributed by atoms with Crippen molar-refractivity contribution in [1.29, 1.82) is 0 Å². The highest BCUT2D eigenvalue weighted by atomic mass is 19.1. The van der Waals surface area contributed by atoms with Gasteiger partial charge in [-0.25, -0.2) is 4.39 Å². The molecule has 0 aliphatic carbocycles. The van der Waals surface area contributed by atoms with Gasteiger partial charge in [0.1, 0.15) is 5.82 Å². The molecule has 0 unspecified atom stereocenters. The Kier molecular flexibility index (Phi) is 6.96. The van der Waals surface area contributed by atoms with Crippen molar-refractivity contribution in [2.75, 3.05) is 11.4 Å². The summed E-state index contributed by atoms with van der Waals surface area (Å²) in [6, 6.07) is 21.0. The van der Waals surface area contributed by atoms with E-state index in [0.29, 0.717) is 18.8 Å². The molecule has 154 valence electrons. The quantitative estimate of drug-likeness (QED) is 0.623. The predicted molar refractivity (Wildman–Crippen MR) is 117 cm³/mol. The van der Waals surface area contributed by atoms with Crippen LogP contribution in [0.5, 0.6) is 0 Å². The SMILES string of the molecule is CCNC(=O)Cc1ccc(N(Cc2ccc(C)cc2)C(=O)c2cccc(F)c2)cc1. The Morgan fingerprint density at radius 1 is 0.933 bits per heavy atom. The summed E-state index contributed by atoms with van der Waals surface area (Å²) >= 11 is 0. The van der Waals surface area contributed by atoms with E-state index in [0.717, 1.165) is 16.7 Å². The molecule has 0 aliphatic heterocycles. The van der Waals surface area contributed by atoms with E-state index in [9.17, 15) is 14.0 Å². The summed E-state index contributed by atoms with van der Waals surface area (Å²) in [4.78, 5) is 26.6. The fourth-order valence-corrected chi connectivity index (χ4v) is 3.17. The van der Waals surface area contributed by atoms with Crippen LogP contribution in [0.4, 0.5) is 10.1 Å². The highest BCUT2D eigenvalue weighted by Gasteiger charge is 2.19. The van der Waals surface area contributed by atoms with Gasteiger partial charge in [-0.05, 0) is 55.3 Å². The smallest absolute Gasteiger partial charge is 0.258 e. The minimum atomic E-state index is -0.451. The van der Waals surface area contributed by atoms with Crippen LogP contribution in [0, 0.1) is 12.7 Å². The average Bonchev–Trinajstić information content (AvgIpc) is 2.74. The summed E-state index contributed by atoms with van der Waals surface area (Å²) in [6.07, 6.45) is 0.282. The lowest BCUT2D eigenvalue weighted by Gasteiger charge is -2.24. The molecule has 5 heteroatoms. The first kappa shape index (κ1) is 21.2. The Hall–Kier alpha value is -3.47. The molecule has 0 fully saturated rings. The Bertz CT molecular complexity index is 1010. The number of nitrogens with zero attached hydrogens (tertiary/aromatic N) is 1. The second-order valence-electron chi connectivity index (χ2n) is 7.18. The van der Waals surface area contributed by atoms with Gasteiger partial charge in [0.15, 0.2) is 0 Å². The van der Waals surface area contributed by atoms with Gasteiger partial charge in [-0.15, -0.1) is 0 Å². The molecular weight excluding hydrogens is 379 g/mol. The second-order valence-corrected chi connectivity index (χ2v) is 7.18. The number of halogens is 1. The van der Waals surface area contributed by atoms with Crippen LogP contribution in [0.3, 0.4) is 0 Å². The summed E-state index contributed by atoms with van der Waals surface area (Å²) < 4.78 is 13.7. The summed E-state index contributed by atoms with van der Waals surface area (Å²) in [6.45, 7) is 4.82. The minimum absolute atomic E-state index is 0.0439. The van der Waals surface area contributed by atoms with Crippen molar-refractivity contribution in [3.63, 3.8) is 0 Å². The lowest BCUT2D eigenvalue weighted by atomic mass is 10.1. The Morgan fingerprint density at radius 2 is 1.60 bits per heavy atom. The molecule has 3 aromatic carbocycles. The molecular formula is C25H25FN2O2. The van der Waals surface area contributed by atoms with Crippen LogP contribution in [0.1, 0.15) is 34.0 Å². The number of benzene rings is 3. The Labute approximate surface area is 176 Å². The minimum Gasteiger partial charge on any atom is -0.356 e. The maximum Gasteiger partial charge on any atom is 0.258 e. The highest BCUT2D eigenvalue weighted by molar-refractivity contribution is 6.06. The van der Waals surface area contributed by atoms with E-state index >= 15 is 0 Å². The third kappa shape index (κ3) is 5.54. The van der Waals surface area contributed by atoms with Gasteiger partial charge in [0.05, 0.1) is 13.0 Å². The lowest BCUT2D eigenvalue weighted by molar-refractivity contribution is -0.120. The second kappa shape index (κ2) is 9.83. The van der Waals surface area contributed by atoms with Gasteiger partial charge in [0, 0.05) is 17.8 Å². The molecule has 3 rings (SSSR count). The van der Waals surface area contributed by atoms with Crippen LogP contribution in [0.2, 0.25) is 0 Å². The highest BCUT2D eigenvalue weighted by Crippen LogP contribution is 2.22. The fraction of sp³-hybridized carbons (Fsp3) is 0.200. The third-order valence-corrected chi connectivity index (χ3v) is 4.76. The van der Waals surface area contributed by atoms with Gasteiger partial charge >= 0.3 is 0 Å². The number of nitrogens with one attached hydrogen (secondary N) is 1. The maximum absolute atomic E-state index is 13.7. The van der Waals surface area contributed by atoms with Gasteiger partial charge in [0.2, 0.25) is 5.91 Å². The van der Waals surface area contributed by atoms with E-state index in [1.54, 1.807) is 11.0 Å². The summed E-state index contributed by atoms with van der Waals surface area (Å²) in [5, 5.41) is 2.77.